The summed E-state index contributed by atoms with van der Waals surface area (Å²) in [5.74, 6) is -1.78. The van der Waals surface area contributed by atoms with Crippen LogP contribution in [-0.2, 0) is 33.6 Å². The van der Waals surface area contributed by atoms with Crippen molar-refractivity contribution in [1.29, 1.82) is 0 Å². The number of ether oxygens (including phenoxy) is 2. The minimum Gasteiger partial charge on any atom is -0.857 e. The Bertz CT molecular complexity index is 981. The molecule has 0 aromatic carbocycles. The normalized spacial score (nSPS) is 13.0. The number of rotatable bonds is 37. The topological polar surface area (TPSA) is 131 Å². The first kappa shape index (κ1) is 49.3. The molecule has 0 rings (SSSR count). The number of likely N-dealkylation sites (N-methyl/N-ethyl adjacent to an activating group) is 1. The molecule has 0 aliphatic carbocycles. The Balaban J connectivity index is 4.51. The lowest BCUT2D eigenvalue weighted by Gasteiger charge is -2.26. The van der Waals surface area contributed by atoms with Crippen LogP contribution in [0.2, 0.25) is 0 Å². The maximum absolute atomic E-state index is 12.6. The SMILES string of the molecule is CCCCCCCCCCCCCCCC(=O)OCC(COS(=O)(=O)/N=C(\[O-])C[N+](C)(C)C)OC(=O)CCCCCCCCCCCCCCC. The van der Waals surface area contributed by atoms with Crippen LogP contribution in [0.4, 0.5) is 0 Å². The van der Waals surface area contributed by atoms with E-state index in [-0.39, 0.29) is 30.5 Å². The Morgan fingerprint density at radius 1 is 0.569 bits per heavy atom. The second-order valence-corrected chi connectivity index (χ2v) is 16.7. The molecule has 0 saturated heterocycles. The molecule has 0 aliphatic rings. The maximum atomic E-state index is 12.6. The summed E-state index contributed by atoms with van der Waals surface area (Å²) in [6.07, 6.45) is 30.5. The third-order valence-corrected chi connectivity index (χ3v) is 9.78. The molecule has 0 fully saturated rings. The fourth-order valence-electron chi connectivity index (χ4n) is 5.94. The molecule has 0 radical (unpaired) electrons. The average Bonchev–Trinajstić information content (AvgIpc) is 3.05. The summed E-state index contributed by atoms with van der Waals surface area (Å²) in [5.41, 5.74) is 0. The first-order chi connectivity index (χ1) is 24.4. The number of quaternary nitrogens is 1. The Hall–Kier alpha value is -1.72. The molecule has 0 aliphatic heterocycles. The molecule has 0 bridgehead atoms. The fourth-order valence-corrected chi connectivity index (χ4v) is 6.62. The van der Waals surface area contributed by atoms with Gasteiger partial charge in [0, 0.05) is 18.7 Å². The Labute approximate surface area is 313 Å². The number of nitrogens with zero attached hydrogens (tertiary/aromatic N) is 2. The average molecular weight is 747 g/mol. The highest BCUT2D eigenvalue weighted by Gasteiger charge is 2.21. The first-order valence-corrected chi connectivity index (χ1v) is 22.1. The summed E-state index contributed by atoms with van der Waals surface area (Å²) >= 11 is 0. The van der Waals surface area contributed by atoms with Gasteiger partial charge in [0.05, 0.1) is 21.1 Å². The molecule has 11 heteroatoms. The summed E-state index contributed by atoms with van der Waals surface area (Å²) in [4.78, 5) is 25.1. The van der Waals surface area contributed by atoms with E-state index in [1.165, 1.54) is 116 Å². The van der Waals surface area contributed by atoms with Crippen molar-refractivity contribution in [3.63, 3.8) is 0 Å². The predicted molar refractivity (Wildman–Crippen MR) is 207 cm³/mol. The number of esters is 2. The largest absolute Gasteiger partial charge is 0.857 e. The molecule has 0 amide bonds. The quantitative estimate of drug-likeness (QED) is 0.0202. The summed E-state index contributed by atoms with van der Waals surface area (Å²) in [7, 11) is 0.642. The Morgan fingerprint density at radius 2 is 0.922 bits per heavy atom. The predicted octanol–water partition coefficient (Wildman–Crippen LogP) is 9.13. The molecule has 1 unspecified atom stereocenters. The third-order valence-electron chi connectivity index (χ3n) is 8.92. The van der Waals surface area contributed by atoms with Crippen molar-refractivity contribution < 1.29 is 41.3 Å². The van der Waals surface area contributed by atoms with Crippen molar-refractivity contribution >= 4 is 28.1 Å². The second kappa shape index (κ2) is 32.9. The number of carbonyl (C=O) groups excluding carboxylic acids is 2. The van der Waals surface area contributed by atoms with Gasteiger partial charge in [-0.15, -0.1) is 0 Å². The van der Waals surface area contributed by atoms with E-state index >= 15 is 0 Å². The van der Waals surface area contributed by atoms with Crippen LogP contribution in [0, 0.1) is 0 Å². The van der Waals surface area contributed by atoms with Crippen LogP contribution in [0.1, 0.15) is 194 Å². The fraction of sp³-hybridized carbons (Fsp3) is 0.925. The van der Waals surface area contributed by atoms with Crippen molar-refractivity contribution in [3.05, 3.63) is 0 Å². The van der Waals surface area contributed by atoms with Gasteiger partial charge in [0.15, 0.2) is 6.10 Å². The van der Waals surface area contributed by atoms with E-state index in [0.29, 0.717) is 12.8 Å². The van der Waals surface area contributed by atoms with Gasteiger partial charge < -0.3 is 19.1 Å². The molecule has 302 valence electrons. The standard InChI is InChI=1S/C40H78N2O8S/c1-6-8-10-12-14-16-18-20-22-24-26-28-30-32-39(44)48-35-37(36-49-51(46,47)41-38(43)34-42(3,4)5)50-40(45)33-31-29-27-25-23-21-19-17-15-13-11-9-7-2/h37H,6-36H2,1-5H3. The van der Waals surface area contributed by atoms with Gasteiger partial charge in [0.25, 0.3) is 0 Å². The van der Waals surface area contributed by atoms with Gasteiger partial charge in [0.2, 0.25) is 0 Å². The maximum Gasteiger partial charge on any atom is 0.380 e. The molecular weight excluding hydrogens is 669 g/mol. The van der Waals surface area contributed by atoms with Gasteiger partial charge in [0.1, 0.15) is 19.8 Å². The van der Waals surface area contributed by atoms with Gasteiger partial charge in [-0.1, -0.05) is 168 Å². The van der Waals surface area contributed by atoms with E-state index in [1.807, 2.05) is 0 Å². The second-order valence-electron chi connectivity index (χ2n) is 15.4. The van der Waals surface area contributed by atoms with Crippen LogP contribution < -0.4 is 5.11 Å². The van der Waals surface area contributed by atoms with E-state index in [9.17, 15) is 23.1 Å². The molecule has 0 aromatic rings. The molecule has 0 heterocycles. The number of hydrogen-bond donors (Lipinski definition) is 0. The molecular formula is C40H78N2O8S. The molecule has 0 N–H and O–H groups in total. The zero-order valence-corrected chi connectivity index (χ0v) is 34.4. The highest BCUT2D eigenvalue weighted by Crippen LogP contribution is 2.15. The van der Waals surface area contributed by atoms with Gasteiger partial charge in [-0.3, -0.25) is 9.59 Å². The molecule has 10 nitrogen and oxygen atoms in total. The lowest BCUT2D eigenvalue weighted by atomic mass is 10.0. The van der Waals surface area contributed by atoms with Crippen molar-refractivity contribution in [2.24, 2.45) is 4.40 Å². The van der Waals surface area contributed by atoms with Crippen molar-refractivity contribution in [3.8, 4) is 0 Å². The van der Waals surface area contributed by atoms with Crippen LogP contribution in [0.5, 0.6) is 0 Å². The van der Waals surface area contributed by atoms with E-state index < -0.39 is 40.9 Å². The monoisotopic (exact) mass is 747 g/mol. The number of carbonyl (C=O) groups is 2. The van der Waals surface area contributed by atoms with E-state index in [1.54, 1.807) is 21.1 Å². The molecule has 0 aromatic heterocycles. The van der Waals surface area contributed by atoms with Gasteiger partial charge in [-0.25, -0.2) is 4.18 Å². The molecule has 0 saturated carbocycles. The summed E-state index contributed by atoms with van der Waals surface area (Å²) in [5, 5.41) is 12.1. The first-order valence-electron chi connectivity index (χ1n) is 20.7. The lowest BCUT2D eigenvalue weighted by Crippen LogP contribution is -2.44. The van der Waals surface area contributed by atoms with Crippen LogP contribution in [0.3, 0.4) is 0 Å². The van der Waals surface area contributed by atoms with Crippen LogP contribution in [0.25, 0.3) is 0 Å². The minimum absolute atomic E-state index is 0.128. The van der Waals surface area contributed by atoms with Gasteiger partial charge in [-0.2, -0.15) is 12.8 Å². The number of hydrogen-bond acceptors (Lipinski definition) is 8. The van der Waals surface area contributed by atoms with E-state index in [2.05, 4.69) is 18.2 Å². The van der Waals surface area contributed by atoms with E-state index in [4.69, 9.17) is 13.7 Å². The summed E-state index contributed by atoms with van der Waals surface area (Å²) < 4.78 is 43.9. The molecule has 1 atom stereocenters. The third kappa shape index (κ3) is 36.4. The Kier molecular flexibility index (Phi) is 31.8. The smallest absolute Gasteiger partial charge is 0.380 e. The summed E-state index contributed by atoms with van der Waals surface area (Å²) in [6.45, 7) is 3.43. The highest BCUT2D eigenvalue weighted by molar-refractivity contribution is 7.85. The van der Waals surface area contributed by atoms with Crippen molar-refractivity contribution in [1.82, 2.24) is 0 Å². The molecule has 51 heavy (non-hydrogen) atoms. The van der Waals surface area contributed by atoms with Crippen molar-refractivity contribution in [2.45, 2.75) is 200 Å². The van der Waals surface area contributed by atoms with Crippen LogP contribution >= 0.6 is 0 Å². The zero-order chi connectivity index (χ0) is 38.1. The summed E-state index contributed by atoms with van der Waals surface area (Å²) in [6, 6.07) is 0. The lowest BCUT2D eigenvalue weighted by molar-refractivity contribution is -0.863. The Morgan fingerprint density at radius 3 is 1.29 bits per heavy atom. The van der Waals surface area contributed by atoms with Gasteiger partial charge in [-0.05, 0) is 12.8 Å². The van der Waals surface area contributed by atoms with Crippen molar-refractivity contribution in [2.75, 3.05) is 40.9 Å². The number of unbranched alkanes of at least 4 members (excludes halogenated alkanes) is 24. The van der Waals surface area contributed by atoms with E-state index in [0.717, 1.165) is 38.5 Å². The molecule has 0 spiro atoms. The van der Waals surface area contributed by atoms with Crippen LogP contribution in [-0.4, -0.2) is 77.7 Å². The zero-order valence-electron chi connectivity index (χ0n) is 33.6. The van der Waals surface area contributed by atoms with Gasteiger partial charge >= 0.3 is 22.2 Å². The van der Waals surface area contributed by atoms with Crippen LogP contribution in [0.15, 0.2) is 4.40 Å². The minimum atomic E-state index is -4.57. The highest BCUT2D eigenvalue weighted by atomic mass is 32.2.